The first-order valence-electron chi connectivity index (χ1n) is 6.93. The minimum Gasteiger partial charge on any atom is -0.409 e. The fourth-order valence-electron chi connectivity index (χ4n) is 2.34. The van der Waals surface area contributed by atoms with Crippen LogP contribution in [0.3, 0.4) is 0 Å². The van der Waals surface area contributed by atoms with E-state index in [0.29, 0.717) is 12.8 Å². The van der Waals surface area contributed by atoms with Crippen LogP contribution in [0.15, 0.2) is 29.4 Å². The molecule has 1 rings (SSSR count). The van der Waals surface area contributed by atoms with Gasteiger partial charge in [0.2, 0.25) is 5.91 Å². The molecule has 0 fully saturated rings. The highest BCUT2D eigenvalue weighted by Gasteiger charge is 2.39. The zero-order valence-corrected chi connectivity index (χ0v) is 12.3. The van der Waals surface area contributed by atoms with Gasteiger partial charge >= 0.3 is 0 Å². The molecule has 20 heavy (non-hydrogen) atoms. The Morgan fingerprint density at radius 3 is 2.40 bits per heavy atom. The van der Waals surface area contributed by atoms with Crippen LogP contribution in [-0.2, 0) is 11.2 Å². The normalized spacial score (nSPS) is 12.2. The van der Waals surface area contributed by atoms with Crippen LogP contribution in [0.25, 0.3) is 0 Å². The van der Waals surface area contributed by atoms with E-state index in [1.165, 1.54) is 0 Å². The van der Waals surface area contributed by atoms with Gasteiger partial charge in [-0.05, 0) is 30.9 Å². The average Bonchev–Trinajstić information content (AvgIpc) is 2.49. The summed E-state index contributed by atoms with van der Waals surface area (Å²) in [6, 6.07) is 7.64. The van der Waals surface area contributed by atoms with Crippen molar-refractivity contribution in [1.82, 2.24) is 0 Å². The Labute approximate surface area is 119 Å². The van der Waals surface area contributed by atoms with Gasteiger partial charge in [-0.15, -0.1) is 0 Å². The fourth-order valence-corrected chi connectivity index (χ4v) is 2.34. The Morgan fingerprint density at radius 2 is 1.90 bits per heavy atom. The molecule has 0 aliphatic heterocycles. The Kier molecular flexibility index (Phi) is 5.55. The van der Waals surface area contributed by atoms with Crippen LogP contribution in [-0.4, -0.2) is 17.0 Å². The first-order valence-corrected chi connectivity index (χ1v) is 6.93. The number of anilines is 1. The molecule has 1 amide bonds. The molecule has 0 saturated heterocycles. The van der Waals surface area contributed by atoms with Crippen LogP contribution >= 0.6 is 0 Å². The lowest BCUT2D eigenvalue weighted by Crippen LogP contribution is -2.46. The van der Waals surface area contributed by atoms with Crippen LogP contribution in [0.2, 0.25) is 0 Å². The SMILES string of the molecule is CCc1ccccc1NC(=O)C(CC)(CC)C(N)=NO. The predicted molar refractivity (Wildman–Crippen MR) is 80.9 cm³/mol. The molecule has 0 aliphatic rings. The quantitative estimate of drug-likeness (QED) is 0.323. The summed E-state index contributed by atoms with van der Waals surface area (Å²) in [5.41, 5.74) is 6.59. The maximum Gasteiger partial charge on any atom is 0.238 e. The van der Waals surface area contributed by atoms with Crippen molar-refractivity contribution in [2.24, 2.45) is 16.3 Å². The third-order valence-electron chi connectivity index (χ3n) is 3.89. The highest BCUT2D eigenvalue weighted by Crippen LogP contribution is 2.29. The van der Waals surface area contributed by atoms with Gasteiger partial charge in [0.1, 0.15) is 5.41 Å². The molecule has 1 aromatic rings. The van der Waals surface area contributed by atoms with Crippen molar-refractivity contribution in [2.75, 3.05) is 5.32 Å². The summed E-state index contributed by atoms with van der Waals surface area (Å²) >= 11 is 0. The smallest absolute Gasteiger partial charge is 0.238 e. The molecule has 5 heteroatoms. The Bertz CT molecular complexity index is 494. The summed E-state index contributed by atoms with van der Waals surface area (Å²) in [4.78, 5) is 12.6. The van der Waals surface area contributed by atoms with Crippen LogP contribution in [0, 0.1) is 5.41 Å². The summed E-state index contributed by atoms with van der Waals surface area (Å²) in [5, 5.41) is 14.9. The molecule has 0 aromatic heterocycles. The van der Waals surface area contributed by atoms with Gasteiger partial charge in [-0.1, -0.05) is 44.1 Å². The van der Waals surface area contributed by atoms with E-state index in [1.807, 2.05) is 45.0 Å². The van der Waals surface area contributed by atoms with Gasteiger partial charge in [0.25, 0.3) is 0 Å². The number of carbonyl (C=O) groups excluding carboxylic acids is 1. The summed E-state index contributed by atoms with van der Waals surface area (Å²) in [6.07, 6.45) is 1.77. The highest BCUT2D eigenvalue weighted by molar-refractivity contribution is 6.12. The second-order valence-electron chi connectivity index (χ2n) is 4.74. The number of nitrogens with one attached hydrogen (secondary N) is 1. The van der Waals surface area contributed by atoms with Crippen LogP contribution in [0.4, 0.5) is 5.69 Å². The number of amidine groups is 1. The van der Waals surface area contributed by atoms with Gasteiger partial charge in [-0.2, -0.15) is 0 Å². The number of para-hydroxylation sites is 1. The van der Waals surface area contributed by atoms with Gasteiger partial charge < -0.3 is 16.3 Å². The lowest BCUT2D eigenvalue weighted by atomic mass is 9.80. The monoisotopic (exact) mass is 277 g/mol. The Morgan fingerprint density at radius 1 is 1.30 bits per heavy atom. The second-order valence-corrected chi connectivity index (χ2v) is 4.74. The number of hydrogen-bond donors (Lipinski definition) is 3. The number of rotatable bonds is 6. The molecule has 0 atom stereocenters. The number of amides is 1. The maximum absolute atomic E-state index is 12.6. The minimum absolute atomic E-state index is 0.0472. The minimum atomic E-state index is -0.977. The molecule has 1 aromatic carbocycles. The van der Waals surface area contributed by atoms with Crippen molar-refractivity contribution in [3.05, 3.63) is 29.8 Å². The third-order valence-corrected chi connectivity index (χ3v) is 3.89. The molecule has 110 valence electrons. The molecule has 0 unspecified atom stereocenters. The van der Waals surface area contributed by atoms with Crippen molar-refractivity contribution in [3.63, 3.8) is 0 Å². The predicted octanol–water partition coefficient (Wildman–Crippen LogP) is 2.74. The summed E-state index contributed by atoms with van der Waals surface area (Å²) < 4.78 is 0. The maximum atomic E-state index is 12.6. The number of nitrogens with zero attached hydrogens (tertiary/aromatic N) is 1. The van der Waals surface area contributed by atoms with E-state index in [2.05, 4.69) is 10.5 Å². The Balaban J connectivity index is 3.09. The van der Waals surface area contributed by atoms with E-state index in [1.54, 1.807) is 0 Å². The van der Waals surface area contributed by atoms with Gasteiger partial charge in [-0.25, -0.2) is 0 Å². The standard InChI is InChI=1S/C15H23N3O2/c1-4-11-9-7-8-10-12(11)17-14(19)15(5-2,6-3)13(16)18-20/h7-10,20H,4-6H2,1-3H3,(H2,16,18)(H,17,19). The Hall–Kier alpha value is -2.04. The molecule has 0 bridgehead atoms. The zero-order valence-electron chi connectivity index (χ0n) is 12.3. The largest absolute Gasteiger partial charge is 0.409 e. The topological polar surface area (TPSA) is 87.7 Å². The van der Waals surface area contributed by atoms with E-state index in [-0.39, 0.29) is 11.7 Å². The number of oxime groups is 1. The van der Waals surface area contributed by atoms with Crippen molar-refractivity contribution >= 4 is 17.4 Å². The van der Waals surface area contributed by atoms with Crippen molar-refractivity contribution in [1.29, 1.82) is 0 Å². The lowest BCUT2D eigenvalue weighted by Gasteiger charge is -2.29. The summed E-state index contributed by atoms with van der Waals surface area (Å²) in [7, 11) is 0. The number of nitrogens with two attached hydrogens (primary N) is 1. The zero-order chi connectivity index (χ0) is 15.2. The van der Waals surface area contributed by atoms with E-state index in [0.717, 1.165) is 17.7 Å². The number of carbonyl (C=O) groups is 1. The number of hydrogen-bond acceptors (Lipinski definition) is 3. The van der Waals surface area contributed by atoms with Crippen LogP contribution in [0.1, 0.15) is 39.2 Å². The van der Waals surface area contributed by atoms with Crippen LogP contribution < -0.4 is 11.1 Å². The summed E-state index contributed by atoms with van der Waals surface area (Å²) in [5.74, 6) is -0.285. The van der Waals surface area contributed by atoms with E-state index in [9.17, 15) is 4.79 Å². The van der Waals surface area contributed by atoms with Gasteiger partial charge in [-0.3, -0.25) is 4.79 Å². The molecule has 0 radical (unpaired) electrons. The molecule has 0 saturated carbocycles. The van der Waals surface area contributed by atoms with E-state index >= 15 is 0 Å². The molecular weight excluding hydrogens is 254 g/mol. The number of benzene rings is 1. The molecule has 0 heterocycles. The van der Waals surface area contributed by atoms with Gasteiger partial charge in [0, 0.05) is 5.69 Å². The third kappa shape index (κ3) is 2.92. The van der Waals surface area contributed by atoms with Crippen molar-refractivity contribution in [2.45, 2.75) is 40.0 Å². The molecule has 4 N–H and O–H groups in total. The molecular formula is C15H23N3O2. The second kappa shape index (κ2) is 6.93. The lowest BCUT2D eigenvalue weighted by molar-refractivity contribution is -0.122. The average molecular weight is 277 g/mol. The van der Waals surface area contributed by atoms with Crippen molar-refractivity contribution in [3.8, 4) is 0 Å². The summed E-state index contributed by atoms with van der Waals surface area (Å²) in [6.45, 7) is 5.74. The van der Waals surface area contributed by atoms with Gasteiger partial charge in [0.15, 0.2) is 5.84 Å². The van der Waals surface area contributed by atoms with Crippen LogP contribution in [0.5, 0.6) is 0 Å². The fraction of sp³-hybridized carbons (Fsp3) is 0.467. The van der Waals surface area contributed by atoms with E-state index in [4.69, 9.17) is 10.9 Å². The van der Waals surface area contributed by atoms with E-state index < -0.39 is 5.41 Å². The molecule has 0 spiro atoms. The first-order chi connectivity index (χ1) is 9.55. The molecule has 0 aliphatic carbocycles. The van der Waals surface area contributed by atoms with Crippen molar-refractivity contribution < 1.29 is 10.0 Å². The van der Waals surface area contributed by atoms with Gasteiger partial charge in [0.05, 0.1) is 0 Å². The first kappa shape index (κ1) is 16.0. The molecule has 5 nitrogen and oxygen atoms in total. The highest BCUT2D eigenvalue weighted by atomic mass is 16.4. The number of aryl methyl sites for hydroxylation is 1.